The van der Waals surface area contributed by atoms with Gasteiger partial charge < -0.3 is 15.5 Å². The van der Waals surface area contributed by atoms with Crippen molar-refractivity contribution >= 4 is 11.9 Å². The van der Waals surface area contributed by atoms with Crippen LogP contribution >= 0.6 is 0 Å². The largest absolute Gasteiger partial charge is 0.356 e. The van der Waals surface area contributed by atoms with E-state index in [4.69, 9.17) is 0 Å². The van der Waals surface area contributed by atoms with Crippen LogP contribution in [0.25, 0.3) is 0 Å². The number of aliphatic imine (C=N–C) groups is 1. The van der Waals surface area contributed by atoms with Crippen LogP contribution in [-0.2, 0) is 4.79 Å². The van der Waals surface area contributed by atoms with Crippen LogP contribution in [0, 0.1) is 11.3 Å². The Morgan fingerprint density at radius 3 is 2.52 bits per heavy atom. The maximum Gasteiger partial charge on any atom is 0.225 e. The lowest BCUT2D eigenvalue weighted by atomic mass is 9.90. The van der Waals surface area contributed by atoms with Crippen LogP contribution < -0.4 is 10.6 Å². The molecule has 1 amide bonds. The molecular weight excluding hydrogens is 312 g/mol. The van der Waals surface area contributed by atoms with Crippen molar-refractivity contribution in [3.05, 3.63) is 0 Å². The lowest BCUT2D eigenvalue weighted by molar-refractivity contribution is -0.134. The fourth-order valence-corrected chi connectivity index (χ4v) is 3.88. The molecule has 1 aliphatic heterocycles. The number of hydrogen-bond acceptors (Lipinski definition) is 2. The van der Waals surface area contributed by atoms with Crippen molar-refractivity contribution in [3.8, 4) is 0 Å². The van der Waals surface area contributed by atoms with Crippen LogP contribution in [0.2, 0.25) is 0 Å². The average molecular weight is 351 g/mol. The molecule has 0 radical (unpaired) electrons. The Labute approximate surface area is 154 Å². The summed E-state index contributed by atoms with van der Waals surface area (Å²) < 4.78 is 0. The van der Waals surface area contributed by atoms with E-state index in [0.717, 1.165) is 51.3 Å². The third kappa shape index (κ3) is 6.87. The predicted octanol–water partition coefficient (Wildman–Crippen LogP) is 3.16. The molecular formula is C20H38N4O. The molecule has 1 atom stereocenters. The van der Waals surface area contributed by atoms with Gasteiger partial charge >= 0.3 is 0 Å². The average Bonchev–Trinajstić information content (AvgIpc) is 3.23. The molecule has 1 aliphatic carbocycles. The molecule has 144 valence electrons. The lowest BCUT2D eigenvalue weighted by Gasteiger charge is -2.21. The number of nitrogens with one attached hydrogen (secondary N) is 2. The maximum atomic E-state index is 12.5. The van der Waals surface area contributed by atoms with Crippen molar-refractivity contribution in [2.45, 2.75) is 78.2 Å². The number of likely N-dealkylation sites (tertiary alicyclic amines) is 1. The molecule has 2 N–H and O–H groups in total. The maximum absolute atomic E-state index is 12.5. The van der Waals surface area contributed by atoms with Gasteiger partial charge in [-0.1, -0.05) is 40.0 Å². The van der Waals surface area contributed by atoms with E-state index in [2.05, 4.69) is 41.3 Å². The van der Waals surface area contributed by atoms with Gasteiger partial charge in [0, 0.05) is 38.6 Å². The van der Waals surface area contributed by atoms with E-state index in [1.165, 1.54) is 25.7 Å². The van der Waals surface area contributed by atoms with Gasteiger partial charge in [-0.25, -0.2) is 0 Å². The Morgan fingerprint density at radius 2 is 1.88 bits per heavy atom. The molecule has 2 aliphatic rings. The van der Waals surface area contributed by atoms with Crippen LogP contribution in [0.5, 0.6) is 0 Å². The first-order valence-electron chi connectivity index (χ1n) is 10.1. The van der Waals surface area contributed by atoms with Crippen LogP contribution in [0.15, 0.2) is 4.99 Å². The number of carbonyl (C=O) groups excluding carboxylic acids is 1. The molecule has 0 aromatic rings. The lowest BCUT2D eigenvalue weighted by Crippen LogP contribution is -2.45. The van der Waals surface area contributed by atoms with Crippen molar-refractivity contribution in [2.24, 2.45) is 16.3 Å². The Morgan fingerprint density at radius 1 is 1.16 bits per heavy atom. The predicted molar refractivity (Wildman–Crippen MR) is 105 cm³/mol. The third-order valence-corrected chi connectivity index (χ3v) is 5.41. The van der Waals surface area contributed by atoms with Gasteiger partial charge in [0.2, 0.25) is 5.91 Å². The zero-order valence-corrected chi connectivity index (χ0v) is 16.7. The normalized spacial score (nSPS) is 22.5. The SMILES string of the molecule is CN=C(NCCCCC(C)(C)C)NC1CCN(C(=O)C2CCCC2)C1. The van der Waals surface area contributed by atoms with Gasteiger partial charge in [0.1, 0.15) is 0 Å². The Balaban J connectivity index is 1.65. The van der Waals surface area contributed by atoms with E-state index in [0.29, 0.717) is 23.3 Å². The summed E-state index contributed by atoms with van der Waals surface area (Å²) in [5, 5.41) is 6.91. The Bertz CT molecular complexity index is 449. The summed E-state index contributed by atoms with van der Waals surface area (Å²) in [5.74, 6) is 1.54. The second kappa shape index (κ2) is 9.44. The monoisotopic (exact) mass is 350 g/mol. The van der Waals surface area contributed by atoms with E-state index < -0.39 is 0 Å². The quantitative estimate of drug-likeness (QED) is 0.439. The van der Waals surface area contributed by atoms with Crippen molar-refractivity contribution in [3.63, 3.8) is 0 Å². The summed E-state index contributed by atoms with van der Waals surface area (Å²) in [6, 6.07) is 0.325. The zero-order valence-electron chi connectivity index (χ0n) is 16.7. The standard InChI is InChI=1S/C20H38N4O/c1-20(2,3)12-7-8-13-22-19(21-4)23-17-11-14-24(15-17)18(25)16-9-5-6-10-16/h16-17H,5-15H2,1-4H3,(H2,21,22,23). The third-order valence-electron chi connectivity index (χ3n) is 5.41. The van der Waals surface area contributed by atoms with Crippen LogP contribution in [0.4, 0.5) is 0 Å². The first-order chi connectivity index (χ1) is 11.9. The molecule has 1 saturated heterocycles. The first kappa shape index (κ1) is 20.1. The van der Waals surface area contributed by atoms with Gasteiger partial charge in [-0.2, -0.15) is 0 Å². The highest BCUT2D eigenvalue weighted by atomic mass is 16.2. The summed E-state index contributed by atoms with van der Waals surface area (Å²) in [6.07, 6.45) is 9.28. The minimum Gasteiger partial charge on any atom is -0.356 e. The summed E-state index contributed by atoms with van der Waals surface area (Å²) in [4.78, 5) is 18.9. The molecule has 0 spiro atoms. The second-order valence-corrected chi connectivity index (χ2v) is 8.91. The number of rotatable bonds is 6. The topological polar surface area (TPSA) is 56.7 Å². The van der Waals surface area contributed by atoms with Gasteiger partial charge in [-0.3, -0.25) is 9.79 Å². The Hall–Kier alpha value is -1.26. The Kier molecular flexibility index (Phi) is 7.57. The van der Waals surface area contributed by atoms with E-state index >= 15 is 0 Å². The minimum atomic E-state index is 0.291. The molecule has 0 bridgehead atoms. The summed E-state index contributed by atoms with van der Waals surface area (Å²) in [7, 11) is 1.82. The van der Waals surface area contributed by atoms with Crippen molar-refractivity contribution in [1.29, 1.82) is 0 Å². The van der Waals surface area contributed by atoms with Crippen LogP contribution in [0.1, 0.15) is 72.1 Å². The van der Waals surface area contributed by atoms with E-state index in [1.54, 1.807) is 0 Å². The summed E-state index contributed by atoms with van der Waals surface area (Å²) in [6.45, 7) is 9.53. The molecule has 5 heteroatoms. The van der Waals surface area contributed by atoms with E-state index in [9.17, 15) is 4.79 Å². The molecule has 0 aromatic carbocycles. The van der Waals surface area contributed by atoms with Crippen molar-refractivity contribution < 1.29 is 4.79 Å². The molecule has 1 heterocycles. The highest BCUT2D eigenvalue weighted by molar-refractivity contribution is 5.81. The van der Waals surface area contributed by atoms with Crippen LogP contribution in [-0.4, -0.2) is 49.5 Å². The number of hydrogen-bond donors (Lipinski definition) is 2. The fourth-order valence-electron chi connectivity index (χ4n) is 3.88. The van der Waals surface area contributed by atoms with E-state index in [1.807, 2.05) is 7.05 Å². The molecule has 5 nitrogen and oxygen atoms in total. The molecule has 2 rings (SSSR count). The van der Waals surface area contributed by atoms with Gasteiger partial charge in [-0.05, 0) is 37.5 Å². The van der Waals surface area contributed by atoms with Crippen molar-refractivity contribution in [2.75, 3.05) is 26.7 Å². The smallest absolute Gasteiger partial charge is 0.225 e. The number of unbranched alkanes of at least 4 members (excludes halogenated alkanes) is 1. The molecule has 25 heavy (non-hydrogen) atoms. The fraction of sp³-hybridized carbons (Fsp3) is 0.900. The molecule has 1 unspecified atom stereocenters. The first-order valence-corrected chi connectivity index (χ1v) is 10.1. The van der Waals surface area contributed by atoms with E-state index in [-0.39, 0.29) is 0 Å². The highest BCUT2D eigenvalue weighted by Gasteiger charge is 2.32. The van der Waals surface area contributed by atoms with Gasteiger partial charge in [0.15, 0.2) is 5.96 Å². The van der Waals surface area contributed by atoms with Crippen molar-refractivity contribution in [1.82, 2.24) is 15.5 Å². The zero-order chi connectivity index (χ0) is 18.3. The molecule has 0 aromatic heterocycles. The summed E-state index contributed by atoms with van der Waals surface area (Å²) >= 11 is 0. The number of amides is 1. The number of guanidine groups is 1. The minimum absolute atomic E-state index is 0.291. The van der Waals surface area contributed by atoms with Gasteiger partial charge in [0.05, 0.1) is 0 Å². The number of carbonyl (C=O) groups is 1. The molecule has 1 saturated carbocycles. The van der Waals surface area contributed by atoms with Crippen LogP contribution in [0.3, 0.4) is 0 Å². The van der Waals surface area contributed by atoms with Gasteiger partial charge in [-0.15, -0.1) is 0 Å². The highest BCUT2D eigenvalue weighted by Crippen LogP contribution is 2.27. The molecule has 2 fully saturated rings. The number of nitrogens with zero attached hydrogens (tertiary/aromatic N) is 2. The second-order valence-electron chi connectivity index (χ2n) is 8.91. The van der Waals surface area contributed by atoms with Gasteiger partial charge in [0.25, 0.3) is 0 Å². The summed E-state index contributed by atoms with van der Waals surface area (Å²) in [5.41, 5.74) is 0.416.